The lowest BCUT2D eigenvalue weighted by Gasteiger charge is -2.30. The fraction of sp³-hybridized carbons (Fsp3) is 0.650. The van der Waals surface area contributed by atoms with Crippen LogP contribution in [0.2, 0.25) is 0 Å². The van der Waals surface area contributed by atoms with Gasteiger partial charge < -0.3 is 10.0 Å². The van der Waals surface area contributed by atoms with Gasteiger partial charge in [-0.1, -0.05) is 6.42 Å². The van der Waals surface area contributed by atoms with Gasteiger partial charge in [-0.05, 0) is 75.3 Å². The first-order chi connectivity index (χ1) is 12.0. The van der Waals surface area contributed by atoms with E-state index in [1.54, 1.807) is 13.0 Å². The van der Waals surface area contributed by atoms with Crippen LogP contribution in [0.5, 0.6) is 0 Å². The van der Waals surface area contributed by atoms with Gasteiger partial charge in [0.05, 0.1) is 11.3 Å². The minimum absolute atomic E-state index is 0.0364. The van der Waals surface area contributed by atoms with Crippen LogP contribution in [0.1, 0.15) is 71.5 Å². The molecule has 0 radical (unpaired) electrons. The number of hydrogen-bond donors (Lipinski definition) is 1. The molecule has 2 bridgehead atoms. The maximum absolute atomic E-state index is 12.9. The molecule has 1 aliphatic heterocycles. The van der Waals surface area contributed by atoms with Crippen molar-refractivity contribution in [3.63, 3.8) is 0 Å². The van der Waals surface area contributed by atoms with Crippen LogP contribution in [0.3, 0.4) is 0 Å². The third kappa shape index (κ3) is 3.05. The summed E-state index contributed by atoms with van der Waals surface area (Å²) in [5.74, 6) is 1.58. The second-order valence-electron chi connectivity index (χ2n) is 8.10. The van der Waals surface area contributed by atoms with E-state index in [9.17, 15) is 9.59 Å². The van der Waals surface area contributed by atoms with E-state index >= 15 is 0 Å². The first-order valence-electron chi connectivity index (χ1n) is 9.55. The highest BCUT2D eigenvalue weighted by atomic mass is 16.4. The number of pyridine rings is 1. The molecule has 4 atom stereocenters. The second kappa shape index (κ2) is 6.43. The molecule has 5 heteroatoms. The molecule has 2 saturated carbocycles. The summed E-state index contributed by atoms with van der Waals surface area (Å²) in [4.78, 5) is 30.3. The number of carbonyl (C=O) groups excluding carboxylic acids is 1. The zero-order chi connectivity index (χ0) is 17.6. The van der Waals surface area contributed by atoms with Crippen molar-refractivity contribution in [3.05, 3.63) is 29.1 Å². The molecule has 0 aromatic carbocycles. The average Bonchev–Trinajstić information content (AvgIpc) is 3.30. The predicted octanol–water partition coefficient (Wildman–Crippen LogP) is 3.52. The van der Waals surface area contributed by atoms with E-state index in [0.717, 1.165) is 43.6 Å². The molecular weight excluding hydrogens is 316 g/mol. The van der Waals surface area contributed by atoms with E-state index in [2.05, 4.69) is 4.98 Å². The van der Waals surface area contributed by atoms with E-state index in [1.165, 1.54) is 31.7 Å². The highest BCUT2D eigenvalue weighted by Gasteiger charge is 2.42. The van der Waals surface area contributed by atoms with Crippen LogP contribution in [0.15, 0.2) is 12.1 Å². The van der Waals surface area contributed by atoms with Gasteiger partial charge in [0.2, 0.25) is 0 Å². The number of fused-ring (bicyclic) bond motifs is 2. The van der Waals surface area contributed by atoms with Crippen LogP contribution in [0.4, 0.5) is 0 Å². The van der Waals surface area contributed by atoms with Gasteiger partial charge in [-0.25, -0.2) is 9.78 Å². The molecule has 1 amide bonds. The van der Waals surface area contributed by atoms with Crippen LogP contribution >= 0.6 is 0 Å². The molecule has 2 aliphatic carbocycles. The number of carboxylic acids is 1. The molecule has 25 heavy (non-hydrogen) atoms. The lowest BCUT2D eigenvalue weighted by atomic mass is 9.83. The summed E-state index contributed by atoms with van der Waals surface area (Å²) in [6, 6.07) is 3.39. The Hall–Kier alpha value is -1.91. The summed E-state index contributed by atoms with van der Waals surface area (Å²) in [7, 11) is 0. The molecule has 1 N–H and O–H groups in total. The number of amides is 1. The monoisotopic (exact) mass is 342 g/mol. The quantitative estimate of drug-likeness (QED) is 0.909. The van der Waals surface area contributed by atoms with Gasteiger partial charge in [0.25, 0.3) is 5.91 Å². The Morgan fingerprint density at radius 2 is 2.08 bits per heavy atom. The number of aryl methyl sites for hydroxylation is 1. The van der Waals surface area contributed by atoms with E-state index < -0.39 is 5.97 Å². The summed E-state index contributed by atoms with van der Waals surface area (Å²) < 4.78 is 0. The maximum Gasteiger partial charge on any atom is 0.337 e. The van der Waals surface area contributed by atoms with Crippen molar-refractivity contribution in [3.8, 4) is 0 Å². The van der Waals surface area contributed by atoms with Gasteiger partial charge in [-0.2, -0.15) is 0 Å². The summed E-state index contributed by atoms with van der Waals surface area (Å²) in [5.41, 5.74) is 0.945. The number of aromatic carboxylic acids is 1. The molecule has 5 nitrogen and oxygen atoms in total. The standard InChI is InChI=1S/C20H26N2O3/c1-12-17(20(24)25)6-7-18(21-12)19(23)22-8-2-3-16(22)11-15-10-13-4-5-14(15)9-13/h6-7,13-16H,2-5,8-11H2,1H3,(H,24,25). The molecule has 4 rings (SSSR count). The molecule has 134 valence electrons. The van der Waals surface area contributed by atoms with Gasteiger partial charge in [0.15, 0.2) is 0 Å². The molecular formula is C20H26N2O3. The summed E-state index contributed by atoms with van der Waals surface area (Å²) >= 11 is 0. The van der Waals surface area contributed by atoms with Crippen molar-refractivity contribution < 1.29 is 14.7 Å². The SMILES string of the molecule is Cc1nc(C(=O)N2CCCC2CC2CC3CCC2C3)ccc1C(=O)O. The van der Waals surface area contributed by atoms with Crippen molar-refractivity contribution in [1.82, 2.24) is 9.88 Å². The highest BCUT2D eigenvalue weighted by molar-refractivity contribution is 5.94. The number of rotatable bonds is 4. The van der Waals surface area contributed by atoms with Gasteiger partial charge in [0, 0.05) is 12.6 Å². The third-order valence-corrected chi connectivity index (χ3v) is 6.63. The molecule has 1 aromatic heterocycles. The molecule has 4 unspecified atom stereocenters. The van der Waals surface area contributed by atoms with Crippen molar-refractivity contribution in [1.29, 1.82) is 0 Å². The van der Waals surface area contributed by atoms with Gasteiger partial charge in [-0.15, -0.1) is 0 Å². The number of carbonyl (C=O) groups is 2. The van der Waals surface area contributed by atoms with Crippen LogP contribution < -0.4 is 0 Å². The molecule has 3 fully saturated rings. The van der Waals surface area contributed by atoms with E-state index in [-0.39, 0.29) is 11.5 Å². The first kappa shape index (κ1) is 16.6. The summed E-state index contributed by atoms with van der Waals surface area (Å²) in [6.45, 7) is 2.45. The largest absolute Gasteiger partial charge is 0.478 e. The van der Waals surface area contributed by atoms with Crippen LogP contribution in [0.25, 0.3) is 0 Å². The molecule has 0 spiro atoms. The Bertz CT molecular complexity index is 702. The fourth-order valence-electron chi connectivity index (χ4n) is 5.42. The van der Waals surface area contributed by atoms with Crippen molar-refractivity contribution in [2.45, 2.75) is 57.9 Å². The zero-order valence-electron chi connectivity index (χ0n) is 14.8. The van der Waals surface area contributed by atoms with E-state index in [4.69, 9.17) is 5.11 Å². The Kier molecular flexibility index (Phi) is 4.26. The Balaban J connectivity index is 1.47. The molecule has 2 heterocycles. The topological polar surface area (TPSA) is 70.5 Å². The van der Waals surface area contributed by atoms with E-state index in [1.807, 2.05) is 4.90 Å². The smallest absolute Gasteiger partial charge is 0.337 e. The number of likely N-dealkylation sites (tertiary alicyclic amines) is 1. The minimum Gasteiger partial charge on any atom is -0.478 e. The molecule has 1 aromatic rings. The zero-order valence-corrected chi connectivity index (χ0v) is 14.8. The van der Waals surface area contributed by atoms with Gasteiger partial charge in [0.1, 0.15) is 5.69 Å². The van der Waals surface area contributed by atoms with Crippen LogP contribution in [-0.2, 0) is 0 Å². The Morgan fingerprint density at radius 1 is 1.24 bits per heavy atom. The maximum atomic E-state index is 12.9. The van der Waals surface area contributed by atoms with Crippen LogP contribution in [-0.4, -0.2) is 39.5 Å². The first-order valence-corrected chi connectivity index (χ1v) is 9.55. The lowest BCUT2D eigenvalue weighted by molar-refractivity contribution is 0.0682. The number of nitrogens with zero attached hydrogens (tertiary/aromatic N) is 2. The van der Waals surface area contributed by atoms with Gasteiger partial charge in [-0.3, -0.25) is 4.79 Å². The number of aromatic nitrogens is 1. The second-order valence-corrected chi connectivity index (χ2v) is 8.10. The summed E-state index contributed by atoms with van der Waals surface area (Å²) in [5, 5.41) is 9.12. The van der Waals surface area contributed by atoms with Gasteiger partial charge >= 0.3 is 5.97 Å². The normalized spacial score (nSPS) is 30.8. The predicted molar refractivity (Wildman–Crippen MR) is 93.5 cm³/mol. The third-order valence-electron chi connectivity index (χ3n) is 6.63. The highest BCUT2D eigenvalue weighted by Crippen LogP contribution is 2.50. The van der Waals surface area contributed by atoms with Crippen LogP contribution in [0, 0.1) is 24.7 Å². The summed E-state index contributed by atoms with van der Waals surface area (Å²) in [6.07, 6.45) is 8.84. The minimum atomic E-state index is -1.00. The Labute approximate surface area is 148 Å². The van der Waals surface area contributed by atoms with Crippen molar-refractivity contribution in [2.24, 2.45) is 17.8 Å². The lowest BCUT2D eigenvalue weighted by Crippen LogP contribution is -2.37. The Morgan fingerprint density at radius 3 is 2.72 bits per heavy atom. The van der Waals surface area contributed by atoms with Crippen molar-refractivity contribution in [2.75, 3.05) is 6.54 Å². The number of carboxylic acid groups (broad SMARTS) is 1. The molecule has 1 saturated heterocycles. The van der Waals surface area contributed by atoms with Crippen molar-refractivity contribution >= 4 is 11.9 Å². The molecule has 3 aliphatic rings. The average molecular weight is 342 g/mol. The fourth-order valence-corrected chi connectivity index (χ4v) is 5.42. The number of hydrogen-bond acceptors (Lipinski definition) is 3. The van der Waals surface area contributed by atoms with E-state index in [0.29, 0.717) is 17.4 Å².